The van der Waals surface area contributed by atoms with E-state index < -0.39 is 6.09 Å². The lowest BCUT2D eigenvalue weighted by molar-refractivity contribution is 0.0945. The minimum atomic E-state index is -0.851. The van der Waals surface area contributed by atoms with E-state index in [1.807, 2.05) is 42.5 Å². The van der Waals surface area contributed by atoms with Gasteiger partial charge in [-0.2, -0.15) is 0 Å². The van der Waals surface area contributed by atoms with Gasteiger partial charge in [0.25, 0.3) is 5.91 Å². The van der Waals surface area contributed by atoms with Crippen molar-refractivity contribution in [2.75, 3.05) is 12.0 Å². The van der Waals surface area contributed by atoms with Gasteiger partial charge in [-0.1, -0.05) is 24.3 Å². The molecule has 2 fully saturated rings. The first-order chi connectivity index (χ1) is 17.9. The molecule has 192 valence electrons. The van der Waals surface area contributed by atoms with Gasteiger partial charge >= 0.3 is 6.09 Å². The number of carbonyl (C=O) groups excluding carboxylic acids is 1. The van der Waals surface area contributed by atoms with Crippen molar-refractivity contribution in [3.05, 3.63) is 89.7 Å². The van der Waals surface area contributed by atoms with E-state index in [4.69, 9.17) is 4.74 Å². The van der Waals surface area contributed by atoms with Crippen molar-refractivity contribution < 1.29 is 23.8 Å². The molecule has 2 bridgehead atoms. The van der Waals surface area contributed by atoms with Crippen molar-refractivity contribution in [3.8, 4) is 5.75 Å². The number of nitrogens with zero attached hydrogens (tertiary/aromatic N) is 2. The number of methoxy groups -OCH3 is 1. The molecule has 0 aromatic heterocycles. The molecular formula is C29H30FN3O4. The smallest absolute Gasteiger partial charge is 0.407 e. The average Bonchev–Trinajstić information content (AvgIpc) is 3.18. The number of amides is 2. The second kappa shape index (κ2) is 10.5. The third-order valence-electron chi connectivity index (χ3n) is 7.35. The summed E-state index contributed by atoms with van der Waals surface area (Å²) in [5.74, 6) is 0.125. The van der Waals surface area contributed by atoms with Crippen LogP contribution in [0, 0.1) is 5.82 Å². The fraction of sp³-hybridized carbons (Fsp3) is 0.310. The van der Waals surface area contributed by atoms with Crippen LogP contribution in [0.15, 0.2) is 72.8 Å². The number of benzene rings is 3. The molecule has 7 nitrogen and oxygen atoms in total. The Hall–Kier alpha value is -4.07. The Morgan fingerprint density at radius 2 is 1.68 bits per heavy atom. The van der Waals surface area contributed by atoms with Crippen LogP contribution in [-0.2, 0) is 6.54 Å². The predicted molar refractivity (Wildman–Crippen MR) is 139 cm³/mol. The van der Waals surface area contributed by atoms with Crippen molar-refractivity contribution in [1.29, 1.82) is 0 Å². The second-order valence-corrected chi connectivity index (χ2v) is 9.63. The van der Waals surface area contributed by atoms with E-state index in [0.717, 1.165) is 30.0 Å². The van der Waals surface area contributed by atoms with Gasteiger partial charge in [-0.15, -0.1) is 0 Å². The minimum Gasteiger partial charge on any atom is -0.497 e. The molecule has 2 amide bonds. The third kappa shape index (κ3) is 5.23. The van der Waals surface area contributed by atoms with E-state index in [1.54, 1.807) is 30.2 Å². The second-order valence-electron chi connectivity index (χ2n) is 9.63. The van der Waals surface area contributed by atoms with Crippen LogP contribution in [0.25, 0.3) is 0 Å². The average molecular weight is 504 g/mol. The molecule has 2 N–H and O–H groups in total. The first-order valence-corrected chi connectivity index (χ1v) is 12.5. The SMILES string of the molecule is COc1cccc(N(c2cccc(C(=O)NCc3cccc(F)c3)c2)C2CC3CCC(C2)N3C(=O)O)c1. The Morgan fingerprint density at radius 3 is 2.35 bits per heavy atom. The monoisotopic (exact) mass is 503 g/mol. The van der Waals surface area contributed by atoms with Gasteiger partial charge in [-0.05, 0) is 73.7 Å². The van der Waals surface area contributed by atoms with E-state index in [-0.39, 0.29) is 36.4 Å². The van der Waals surface area contributed by atoms with E-state index >= 15 is 0 Å². The van der Waals surface area contributed by atoms with Crippen LogP contribution in [0.1, 0.15) is 41.6 Å². The number of fused-ring (bicyclic) bond motifs is 2. The molecule has 0 radical (unpaired) electrons. The molecule has 2 saturated heterocycles. The number of halogens is 1. The highest BCUT2D eigenvalue weighted by atomic mass is 19.1. The molecule has 2 aliphatic heterocycles. The molecule has 0 spiro atoms. The van der Waals surface area contributed by atoms with E-state index in [9.17, 15) is 19.1 Å². The number of hydrogen-bond donors (Lipinski definition) is 2. The van der Waals surface area contributed by atoms with Crippen molar-refractivity contribution in [2.24, 2.45) is 0 Å². The first-order valence-electron chi connectivity index (χ1n) is 12.5. The maximum atomic E-state index is 13.5. The summed E-state index contributed by atoms with van der Waals surface area (Å²) >= 11 is 0. The van der Waals surface area contributed by atoms with E-state index in [0.29, 0.717) is 24.0 Å². The summed E-state index contributed by atoms with van der Waals surface area (Å²) < 4.78 is 19.0. The zero-order chi connectivity index (χ0) is 25.9. The lowest BCUT2D eigenvalue weighted by Gasteiger charge is -2.43. The van der Waals surface area contributed by atoms with Crippen LogP contribution < -0.4 is 15.0 Å². The maximum absolute atomic E-state index is 13.5. The highest BCUT2D eigenvalue weighted by Crippen LogP contribution is 2.42. The lowest BCUT2D eigenvalue weighted by atomic mass is 9.94. The summed E-state index contributed by atoms with van der Waals surface area (Å²) in [7, 11) is 1.62. The molecule has 2 aliphatic rings. The van der Waals surface area contributed by atoms with Gasteiger partial charge in [0.15, 0.2) is 0 Å². The Bertz CT molecular complexity index is 1290. The topological polar surface area (TPSA) is 82.1 Å². The highest BCUT2D eigenvalue weighted by Gasteiger charge is 2.45. The van der Waals surface area contributed by atoms with Gasteiger partial charge in [0, 0.05) is 47.7 Å². The maximum Gasteiger partial charge on any atom is 0.407 e. The molecule has 2 heterocycles. The standard InChI is InChI=1S/C29H30FN3O4/c1-37-27-10-4-9-23(17-27)32(26-15-24-11-12-25(16-26)33(24)29(35)36)22-8-3-6-20(14-22)28(34)31-18-19-5-2-7-21(30)13-19/h2-10,13-14,17,24-26H,11-12,15-16,18H2,1H3,(H,31,34)(H,35,36). The molecule has 5 rings (SSSR count). The Morgan fingerprint density at radius 1 is 1.00 bits per heavy atom. The number of hydrogen-bond acceptors (Lipinski definition) is 4. The van der Waals surface area contributed by atoms with Gasteiger partial charge in [-0.25, -0.2) is 9.18 Å². The number of piperidine rings is 1. The number of ether oxygens (including phenoxy) is 1. The summed E-state index contributed by atoms with van der Waals surface area (Å²) in [6, 6.07) is 21.4. The number of nitrogens with one attached hydrogen (secondary N) is 1. The molecule has 2 unspecified atom stereocenters. The molecule has 3 aromatic rings. The van der Waals surface area contributed by atoms with Crippen LogP contribution in [0.2, 0.25) is 0 Å². The summed E-state index contributed by atoms with van der Waals surface area (Å²) in [6.07, 6.45) is 2.28. The van der Waals surface area contributed by atoms with Crippen molar-refractivity contribution >= 4 is 23.4 Å². The minimum absolute atomic E-state index is 0.0212. The van der Waals surface area contributed by atoms with Crippen LogP contribution >= 0.6 is 0 Å². The molecule has 0 aliphatic carbocycles. The zero-order valence-electron chi connectivity index (χ0n) is 20.6. The molecular weight excluding hydrogens is 473 g/mol. The quantitative estimate of drug-likeness (QED) is 0.440. The van der Waals surface area contributed by atoms with E-state index in [1.165, 1.54) is 12.1 Å². The summed E-state index contributed by atoms with van der Waals surface area (Å²) in [4.78, 5) is 28.7. The summed E-state index contributed by atoms with van der Waals surface area (Å²) in [5, 5.41) is 12.6. The zero-order valence-corrected chi connectivity index (χ0v) is 20.6. The Kier molecular flexibility index (Phi) is 6.99. The Labute approximate surface area is 215 Å². The van der Waals surface area contributed by atoms with Gasteiger partial charge in [0.2, 0.25) is 0 Å². The molecule has 8 heteroatoms. The number of carboxylic acid groups (broad SMARTS) is 1. The van der Waals surface area contributed by atoms with E-state index in [2.05, 4.69) is 10.2 Å². The number of carbonyl (C=O) groups is 2. The molecule has 37 heavy (non-hydrogen) atoms. The number of rotatable bonds is 7. The van der Waals surface area contributed by atoms with Gasteiger partial charge in [-0.3, -0.25) is 4.79 Å². The lowest BCUT2D eigenvalue weighted by Crippen LogP contribution is -2.51. The predicted octanol–water partition coefficient (Wildman–Crippen LogP) is 5.58. The van der Waals surface area contributed by atoms with Crippen LogP contribution in [0.5, 0.6) is 5.75 Å². The molecule has 2 atom stereocenters. The largest absolute Gasteiger partial charge is 0.497 e. The third-order valence-corrected chi connectivity index (χ3v) is 7.35. The van der Waals surface area contributed by atoms with Crippen molar-refractivity contribution in [1.82, 2.24) is 10.2 Å². The normalized spacial score (nSPS) is 20.4. The van der Waals surface area contributed by atoms with Crippen LogP contribution in [0.3, 0.4) is 0 Å². The first kappa shape index (κ1) is 24.6. The molecule has 3 aromatic carbocycles. The summed E-state index contributed by atoms with van der Waals surface area (Å²) in [6.45, 7) is 0.220. The highest BCUT2D eigenvalue weighted by molar-refractivity contribution is 5.95. The van der Waals surface area contributed by atoms with Gasteiger partial charge in [0.1, 0.15) is 11.6 Å². The van der Waals surface area contributed by atoms with Gasteiger partial charge in [0.05, 0.1) is 7.11 Å². The number of anilines is 2. The van der Waals surface area contributed by atoms with Crippen molar-refractivity contribution in [2.45, 2.75) is 50.4 Å². The van der Waals surface area contributed by atoms with Crippen LogP contribution in [0.4, 0.5) is 20.6 Å². The Balaban J connectivity index is 1.43. The molecule has 0 saturated carbocycles. The van der Waals surface area contributed by atoms with Crippen LogP contribution in [-0.4, -0.2) is 47.2 Å². The fourth-order valence-electron chi connectivity index (χ4n) is 5.73. The fourth-order valence-corrected chi connectivity index (χ4v) is 5.73. The van der Waals surface area contributed by atoms with Crippen molar-refractivity contribution in [3.63, 3.8) is 0 Å². The summed E-state index contributed by atoms with van der Waals surface area (Å²) in [5.41, 5.74) is 2.94. The van der Waals surface area contributed by atoms with Gasteiger partial charge < -0.3 is 25.0 Å².